The summed E-state index contributed by atoms with van der Waals surface area (Å²) < 4.78 is 0. The molecule has 158 valence electrons. The second-order valence-corrected chi connectivity index (χ2v) is 7.03. The van der Waals surface area contributed by atoms with Crippen LogP contribution in [0.1, 0.15) is 59.8 Å². The molecule has 1 heterocycles. The normalized spacial score (nSPS) is 9.74. The number of rotatable bonds is 7. The Kier molecular flexibility index (Phi) is 9.27. The maximum absolute atomic E-state index is 9.11. The van der Waals surface area contributed by atoms with Crippen molar-refractivity contribution in [1.29, 1.82) is 10.5 Å². The molecule has 0 saturated carbocycles. The molecule has 0 bridgehead atoms. The fraction of sp³-hybridized carbons (Fsp3) is 0.296. The minimum absolute atomic E-state index is 0.657. The molecule has 4 nitrogen and oxygen atoms in total. The third-order valence-corrected chi connectivity index (χ3v) is 5.17. The van der Waals surface area contributed by atoms with Gasteiger partial charge >= 0.3 is 0 Å². The zero-order chi connectivity index (χ0) is 22.6. The molecule has 0 radical (unpaired) electrons. The van der Waals surface area contributed by atoms with Gasteiger partial charge in [-0.15, -0.1) is 0 Å². The Balaban J connectivity index is 0.00000166. The number of anilines is 1. The van der Waals surface area contributed by atoms with E-state index >= 15 is 0 Å². The molecule has 3 aromatic rings. The summed E-state index contributed by atoms with van der Waals surface area (Å²) in [5.74, 6) is 0. The molecule has 0 amide bonds. The van der Waals surface area contributed by atoms with Crippen LogP contribution in [0.3, 0.4) is 0 Å². The van der Waals surface area contributed by atoms with Crippen LogP contribution in [-0.4, -0.2) is 4.98 Å². The third kappa shape index (κ3) is 6.43. The van der Waals surface area contributed by atoms with Crippen LogP contribution in [0.15, 0.2) is 54.7 Å². The number of nitrogens with one attached hydrogen (secondary N) is 1. The Bertz CT molecular complexity index is 1070. The van der Waals surface area contributed by atoms with E-state index in [1.807, 2.05) is 62.5 Å². The van der Waals surface area contributed by atoms with Crippen LogP contribution >= 0.6 is 0 Å². The van der Waals surface area contributed by atoms with Crippen LogP contribution in [-0.2, 0) is 25.8 Å². The van der Waals surface area contributed by atoms with Crippen molar-refractivity contribution in [3.8, 4) is 12.1 Å². The van der Waals surface area contributed by atoms with Crippen molar-refractivity contribution in [3.63, 3.8) is 0 Å². The molecule has 31 heavy (non-hydrogen) atoms. The lowest BCUT2D eigenvalue weighted by molar-refractivity contribution is 0.879. The molecular weight excluding hydrogens is 380 g/mol. The molecule has 0 aliphatic carbocycles. The average molecular weight is 411 g/mol. The van der Waals surface area contributed by atoms with E-state index in [2.05, 4.69) is 42.4 Å². The number of pyridine rings is 1. The Morgan fingerprint density at radius 2 is 1.61 bits per heavy atom. The Morgan fingerprint density at radius 1 is 0.903 bits per heavy atom. The van der Waals surface area contributed by atoms with Crippen molar-refractivity contribution in [2.45, 2.75) is 53.5 Å². The molecule has 0 aliphatic rings. The predicted octanol–water partition coefficient (Wildman–Crippen LogP) is 6.12. The highest BCUT2D eigenvalue weighted by molar-refractivity contribution is 5.48. The number of hydrogen-bond donors (Lipinski definition) is 1. The van der Waals surface area contributed by atoms with Gasteiger partial charge in [-0.1, -0.05) is 32.9 Å². The highest BCUT2D eigenvalue weighted by Gasteiger charge is 2.12. The van der Waals surface area contributed by atoms with Crippen molar-refractivity contribution >= 4 is 5.69 Å². The summed E-state index contributed by atoms with van der Waals surface area (Å²) in [6.07, 6.45) is 4.70. The minimum atomic E-state index is 0.657. The van der Waals surface area contributed by atoms with Crippen molar-refractivity contribution in [2.75, 3.05) is 5.32 Å². The summed E-state index contributed by atoms with van der Waals surface area (Å²) in [4.78, 5) is 4.64. The van der Waals surface area contributed by atoms with Crippen LogP contribution in [0.25, 0.3) is 0 Å². The second kappa shape index (κ2) is 12.2. The van der Waals surface area contributed by atoms with E-state index in [0.29, 0.717) is 17.7 Å². The van der Waals surface area contributed by atoms with E-state index in [4.69, 9.17) is 10.5 Å². The standard InChI is InChI=1S/C25H24N4.C2H6/c1-3-24-22(17-29-23-10-7-20(14-26)8-11-23)16-28-18(2)25(24)12-9-19-5-4-6-21(13-19)15-27;1-2/h4-8,10-11,13,16,29H,3,9,12,17H2,1-2H3;1-2H3. The van der Waals surface area contributed by atoms with Crippen molar-refractivity contribution in [3.05, 3.63) is 93.8 Å². The molecule has 0 fully saturated rings. The first-order valence-corrected chi connectivity index (χ1v) is 10.8. The topological polar surface area (TPSA) is 72.5 Å². The molecule has 3 rings (SSSR count). The van der Waals surface area contributed by atoms with Crippen LogP contribution in [0.5, 0.6) is 0 Å². The number of aromatic nitrogens is 1. The Morgan fingerprint density at radius 3 is 2.26 bits per heavy atom. The summed E-state index contributed by atoms with van der Waals surface area (Å²) in [7, 11) is 0. The van der Waals surface area contributed by atoms with Gasteiger partial charge in [0.05, 0.1) is 23.3 Å². The van der Waals surface area contributed by atoms with Crippen LogP contribution in [0, 0.1) is 29.6 Å². The van der Waals surface area contributed by atoms with Crippen LogP contribution < -0.4 is 5.32 Å². The highest BCUT2D eigenvalue weighted by Crippen LogP contribution is 2.22. The van der Waals surface area contributed by atoms with E-state index in [0.717, 1.165) is 30.6 Å². The molecule has 0 unspecified atom stereocenters. The van der Waals surface area contributed by atoms with Crippen molar-refractivity contribution in [1.82, 2.24) is 4.98 Å². The third-order valence-electron chi connectivity index (χ3n) is 5.17. The molecule has 0 spiro atoms. The summed E-state index contributed by atoms with van der Waals surface area (Å²) in [6, 6.07) is 19.6. The number of hydrogen-bond acceptors (Lipinski definition) is 4. The summed E-state index contributed by atoms with van der Waals surface area (Å²) in [5, 5.41) is 21.5. The van der Waals surface area contributed by atoms with Crippen molar-refractivity contribution in [2.24, 2.45) is 0 Å². The number of benzene rings is 2. The van der Waals surface area contributed by atoms with E-state index in [9.17, 15) is 0 Å². The highest BCUT2D eigenvalue weighted by atomic mass is 14.9. The molecule has 4 heteroatoms. The summed E-state index contributed by atoms with van der Waals surface area (Å²) >= 11 is 0. The lowest BCUT2D eigenvalue weighted by Gasteiger charge is -2.17. The van der Waals surface area contributed by atoms with Gasteiger partial charge in [-0.25, -0.2) is 0 Å². The Labute approximate surface area is 186 Å². The monoisotopic (exact) mass is 410 g/mol. The summed E-state index contributed by atoms with van der Waals surface area (Å²) in [5.41, 5.74) is 8.43. The fourth-order valence-electron chi connectivity index (χ4n) is 3.59. The molecule has 0 aliphatic heterocycles. The molecule has 1 N–H and O–H groups in total. The van der Waals surface area contributed by atoms with Gasteiger partial charge in [-0.3, -0.25) is 4.98 Å². The molecule has 1 aromatic heterocycles. The lowest BCUT2D eigenvalue weighted by atomic mass is 9.94. The molecule has 0 saturated heterocycles. The van der Waals surface area contributed by atoms with Crippen LogP contribution in [0.2, 0.25) is 0 Å². The van der Waals surface area contributed by atoms with Gasteiger partial charge in [0.2, 0.25) is 0 Å². The smallest absolute Gasteiger partial charge is 0.0991 e. The van der Waals surface area contributed by atoms with Crippen LogP contribution in [0.4, 0.5) is 5.69 Å². The van der Waals surface area contributed by atoms with Gasteiger partial charge in [0.15, 0.2) is 0 Å². The number of nitriles is 2. The van der Waals surface area contributed by atoms with Gasteiger partial charge in [0.1, 0.15) is 0 Å². The second-order valence-electron chi connectivity index (χ2n) is 7.03. The molecular formula is C27H30N4. The molecule has 2 aromatic carbocycles. The van der Waals surface area contributed by atoms with Gasteiger partial charge in [-0.05, 0) is 84.8 Å². The number of nitrogens with zero attached hydrogens (tertiary/aromatic N) is 3. The average Bonchev–Trinajstić information content (AvgIpc) is 2.83. The SMILES string of the molecule is CC.CCc1c(CNc2ccc(C#N)cc2)cnc(C)c1CCc1cccc(C#N)c1. The first kappa shape index (κ1) is 23.6. The first-order chi connectivity index (χ1) is 15.1. The zero-order valence-electron chi connectivity index (χ0n) is 18.9. The maximum atomic E-state index is 9.11. The van der Waals surface area contributed by atoms with E-state index in [1.54, 1.807) is 0 Å². The first-order valence-electron chi connectivity index (χ1n) is 10.8. The van der Waals surface area contributed by atoms with Gasteiger partial charge in [-0.2, -0.15) is 10.5 Å². The van der Waals surface area contributed by atoms with Crippen molar-refractivity contribution < 1.29 is 0 Å². The van der Waals surface area contributed by atoms with E-state index in [1.165, 1.54) is 22.3 Å². The maximum Gasteiger partial charge on any atom is 0.0991 e. The van der Waals surface area contributed by atoms with Gasteiger partial charge in [0, 0.05) is 24.1 Å². The number of aryl methyl sites for hydroxylation is 2. The fourth-order valence-corrected chi connectivity index (χ4v) is 3.59. The van der Waals surface area contributed by atoms with E-state index < -0.39 is 0 Å². The van der Waals surface area contributed by atoms with E-state index in [-0.39, 0.29) is 0 Å². The van der Waals surface area contributed by atoms with Gasteiger partial charge < -0.3 is 5.32 Å². The van der Waals surface area contributed by atoms with Gasteiger partial charge in [0.25, 0.3) is 0 Å². The quantitative estimate of drug-likeness (QED) is 0.509. The summed E-state index contributed by atoms with van der Waals surface area (Å²) in [6.45, 7) is 8.94. The molecule has 0 atom stereocenters. The lowest BCUT2D eigenvalue weighted by Crippen LogP contribution is -2.09. The zero-order valence-corrected chi connectivity index (χ0v) is 18.9. The minimum Gasteiger partial charge on any atom is -0.381 e. The Hall–Kier alpha value is -3.63. The largest absolute Gasteiger partial charge is 0.381 e. The predicted molar refractivity (Wildman–Crippen MR) is 127 cm³/mol.